The van der Waals surface area contributed by atoms with E-state index in [1.165, 1.54) is 0 Å². The van der Waals surface area contributed by atoms with E-state index in [9.17, 15) is 9.36 Å². The zero-order valence-electron chi connectivity index (χ0n) is 11.3. The SMILES string of the molecule is CCOP(=O)(N[C@@H](C)C(=O)OC(C)C)SCCN. The lowest BCUT2D eigenvalue weighted by atomic mass is 10.4. The summed E-state index contributed by atoms with van der Waals surface area (Å²) in [6, 6.07) is -0.685. The summed E-state index contributed by atoms with van der Waals surface area (Å²) in [5.41, 5.74) is 5.37. The number of nitrogens with one attached hydrogen (secondary N) is 1. The van der Waals surface area contributed by atoms with Gasteiger partial charge in [0.15, 0.2) is 0 Å². The fraction of sp³-hybridized carbons (Fsp3) is 0.900. The Morgan fingerprint density at radius 2 is 2.06 bits per heavy atom. The summed E-state index contributed by atoms with van der Waals surface area (Å²) in [5, 5.41) is 2.70. The van der Waals surface area contributed by atoms with Gasteiger partial charge in [-0.1, -0.05) is 11.4 Å². The van der Waals surface area contributed by atoms with Crippen LogP contribution in [-0.2, 0) is 18.6 Å². The highest BCUT2D eigenvalue weighted by Crippen LogP contribution is 2.55. The van der Waals surface area contributed by atoms with E-state index in [0.29, 0.717) is 18.9 Å². The van der Waals surface area contributed by atoms with Crippen molar-refractivity contribution in [2.45, 2.75) is 39.8 Å². The van der Waals surface area contributed by atoms with Crippen molar-refractivity contribution in [3.8, 4) is 0 Å². The standard InChI is InChI=1S/C10H23N2O4PS/c1-5-15-17(14,18-7-6-11)12-9(4)10(13)16-8(2)3/h8-9H,5-7,11H2,1-4H3,(H,12,14)/t9-,17?/m0/s1. The Balaban J connectivity index is 4.47. The first-order valence-electron chi connectivity index (χ1n) is 5.92. The van der Waals surface area contributed by atoms with E-state index in [4.69, 9.17) is 15.0 Å². The predicted octanol–water partition coefficient (Wildman–Crippen LogP) is 1.75. The predicted molar refractivity (Wildman–Crippen MR) is 74.6 cm³/mol. The maximum absolute atomic E-state index is 12.3. The molecule has 0 heterocycles. The number of hydrogen-bond donors (Lipinski definition) is 2. The van der Waals surface area contributed by atoms with Gasteiger partial charge >= 0.3 is 12.7 Å². The molecule has 108 valence electrons. The second-order valence-electron chi connectivity index (χ2n) is 3.87. The largest absolute Gasteiger partial charge is 0.462 e. The van der Waals surface area contributed by atoms with E-state index < -0.39 is 18.7 Å². The quantitative estimate of drug-likeness (QED) is 0.495. The maximum atomic E-state index is 12.3. The van der Waals surface area contributed by atoms with Crippen LogP contribution in [0.5, 0.6) is 0 Å². The molecule has 0 aromatic carbocycles. The number of carbonyl (C=O) groups is 1. The molecule has 0 aromatic heterocycles. The highest BCUT2D eigenvalue weighted by Gasteiger charge is 2.29. The molecule has 0 bridgehead atoms. The molecule has 3 N–H and O–H groups in total. The molecule has 0 aliphatic carbocycles. The minimum Gasteiger partial charge on any atom is -0.462 e. The van der Waals surface area contributed by atoms with Gasteiger partial charge in [0.1, 0.15) is 6.04 Å². The third-order valence-corrected chi connectivity index (χ3v) is 6.00. The number of ether oxygens (including phenoxy) is 1. The number of nitrogens with two attached hydrogens (primary N) is 1. The zero-order chi connectivity index (χ0) is 14.2. The van der Waals surface area contributed by atoms with Crippen molar-refractivity contribution in [2.24, 2.45) is 5.73 Å². The molecule has 0 amide bonds. The first-order valence-corrected chi connectivity index (χ1v) is 9.13. The highest BCUT2D eigenvalue weighted by atomic mass is 32.7. The Morgan fingerprint density at radius 3 is 2.50 bits per heavy atom. The molecular formula is C10H23N2O4PS. The number of rotatable bonds is 9. The molecule has 0 radical (unpaired) electrons. The third-order valence-electron chi connectivity index (χ3n) is 1.74. The molecule has 6 nitrogen and oxygen atoms in total. The van der Waals surface area contributed by atoms with Crippen LogP contribution in [0.25, 0.3) is 0 Å². The van der Waals surface area contributed by atoms with Crippen LogP contribution in [0.15, 0.2) is 0 Å². The van der Waals surface area contributed by atoms with Gasteiger partial charge < -0.3 is 15.0 Å². The van der Waals surface area contributed by atoms with Crippen LogP contribution in [0.1, 0.15) is 27.7 Å². The smallest absolute Gasteiger partial charge is 0.327 e. The average molecular weight is 298 g/mol. The zero-order valence-corrected chi connectivity index (χ0v) is 13.1. The van der Waals surface area contributed by atoms with Gasteiger partial charge in [-0.25, -0.2) is 5.09 Å². The van der Waals surface area contributed by atoms with Crippen molar-refractivity contribution in [1.82, 2.24) is 5.09 Å². The van der Waals surface area contributed by atoms with Gasteiger partial charge in [0.25, 0.3) is 0 Å². The van der Waals surface area contributed by atoms with Crippen molar-refractivity contribution >= 4 is 24.1 Å². The van der Waals surface area contributed by atoms with Gasteiger partial charge in [0.05, 0.1) is 12.7 Å². The molecule has 0 aromatic rings. The fourth-order valence-electron chi connectivity index (χ4n) is 1.08. The lowest BCUT2D eigenvalue weighted by Crippen LogP contribution is -2.34. The van der Waals surface area contributed by atoms with Crippen LogP contribution in [0.3, 0.4) is 0 Å². The highest BCUT2D eigenvalue weighted by molar-refractivity contribution is 8.56. The van der Waals surface area contributed by atoms with Crippen LogP contribution in [0.4, 0.5) is 0 Å². The summed E-state index contributed by atoms with van der Waals surface area (Å²) in [6.45, 7) is 4.45. The molecule has 18 heavy (non-hydrogen) atoms. The monoisotopic (exact) mass is 298 g/mol. The summed E-state index contributed by atoms with van der Waals surface area (Å²) in [7, 11) is 0. The van der Waals surface area contributed by atoms with E-state index in [2.05, 4.69) is 5.09 Å². The number of hydrogen-bond acceptors (Lipinski definition) is 6. The van der Waals surface area contributed by atoms with E-state index in [0.717, 1.165) is 11.4 Å². The lowest BCUT2D eigenvalue weighted by Gasteiger charge is -2.22. The summed E-state index contributed by atoms with van der Waals surface area (Å²) in [6.07, 6.45) is -0.204. The topological polar surface area (TPSA) is 90.6 Å². The van der Waals surface area contributed by atoms with Crippen molar-refractivity contribution < 1.29 is 18.6 Å². The van der Waals surface area contributed by atoms with E-state index in [-0.39, 0.29) is 6.10 Å². The van der Waals surface area contributed by atoms with Crippen LogP contribution < -0.4 is 10.8 Å². The van der Waals surface area contributed by atoms with Crippen LogP contribution >= 0.6 is 18.1 Å². The van der Waals surface area contributed by atoms with E-state index >= 15 is 0 Å². The van der Waals surface area contributed by atoms with Crippen molar-refractivity contribution in [1.29, 1.82) is 0 Å². The first kappa shape index (κ1) is 17.9. The number of carbonyl (C=O) groups excluding carboxylic acids is 1. The minimum atomic E-state index is -3.10. The maximum Gasteiger partial charge on any atom is 0.327 e. The molecule has 2 atom stereocenters. The normalized spacial score (nSPS) is 16.3. The van der Waals surface area contributed by atoms with Crippen LogP contribution in [0.2, 0.25) is 0 Å². The molecule has 8 heteroatoms. The third kappa shape index (κ3) is 7.38. The molecule has 1 unspecified atom stereocenters. The Morgan fingerprint density at radius 1 is 1.44 bits per heavy atom. The molecule has 0 saturated heterocycles. The number of esters is 1. The molecular weight excluding hydrogens is 275 g/mol. The Kier molecular flexibility index (Phi) is 8.90. The second kappa shape index (κ2) is 8.93. The Labute approximate surface area is 113 Å². The van der Waals surface area contributed by atoms with Crippen molar-refractivity contribution in [3.05, 3.63) is 0 Å². The van der Waals surface area contributed by atoms with E-state index in [1.54, 1.807) is 27.7 Å². The van der Waals surface area contributed by atoms with Crippen molar-refractivity contribution in [3.63, 3.8) is 0 Å². The molecule has 0 spiro atoms. The second-order valence-corrected chi connectivity index (χ2v) is 8.27. The summed E-state index contributed by atoms with van der Waals surface area (Å²) in [4.78, 5) is 11.6. The summed E-state index contributed by atoms with van der Waals surface area (Å²) >= 11 is 1.10. The minimum absolute atomic E-state index is 0.204. The Bertz CT molecular complexity index is 302. The average Bonchev–Trinajstić information content (AvgIpc) is 2.25. The first-order chi connectivity index (χ1) is 8.34. The van der Waals surface area contributed by atoms with Gasteiger partial charge in [0, 0.05) is 12.3 Å². The molecule has 0 saturated carbocycles. The molecule has 0 aliphatic heterocycles. The van der Waals surface area contributed by atoms with Crippen molar-refractivity contribution in [2.75, 3.05) is 18.9 Å². The van der Waals surface area contributed by atoms with Gasteiger partial charge in [-0.3, -0.25) is 9.36 Å². The lowest BCUT2D eigenvalue weighted by molar-refractivity contribution is -0.149. The molecule has 0 fully saturated rings. The Hall–Kier alpha value is -0.0700. The summed E-state index contributed by atoms with van der Waals surface area (Å²) in [5.74, 6) is 0.0502. The molecule has 0 aliphatic rings. The van der Waals surface area contributed by atoms with Gasteiger partial charge in [0.2, 0.25) is 0 Å². The van der Waals surface area contributed by atoms with Gasteiger partial charge in [-0.05, 0) is 27.7 Å². The molecule has 0 rings (SSSR count). The van der Waals surface area contributed by atoms with E-state index in [1.807, 2.05) is 0 Å². The van der Waals surface area contributed by atoms with Gasteiger partial charge in [-0.15, -0.1) is 0 Å². The fourth-order valence-corrected chi connectivity index (χ4v) is 4.84. The van der Waals surface area contributed by atoms with Gasteiger partial charge in [-0.2, -0.15) is 0 Å². The van der Waals surface area contributed by atoms with Crippen LogP contribution in [0, 0.1) is 0 Å². The summed E-state index contributed by atoms with van der Waals surface area (Å²) < 4.78 is 22.6. The van der Waals surface area contributed by atoms with Crippen LogP contribution in [-0.4, -0.2) is 37.0 Å².